The second-order valence-corrected chi connectivity index (χ2v) is 6.59. The van der Waals surface area contributed by atoms with Crippen LogP contribution in [0.3, 0.4) is 0 Å². The third-order valence-corrected chi connectivity index (χ3v) is 4.84. The van der Waals surface area contributed by atoms with Crippen molar-refractivity contribution < 1.29 is 14.1 Å². The van der Waals surface area contributed by atoms with Crippen LogP contribution in [0.4, 0.5) is 0 Å². The van der Waals surface area contributed by atoms with Gasteiger partial charge >= 0.3 is 0 Å². The van der Waals surface area contributed by atoms with Crippen molar-refractivity contribution in [1.82, 2.24) is 19.9 Å². The van der Waals surface area contributed by atoms with Crippen molar-refractivity contribution in [3.63, 3.8) is 0 Å². The Morgan fingerprint density at radius 2 is 2.26 bits per heavy atom. The molecular formula is C16H26N4O3. The van der Waals surface area contributed by atoms with Crippen molar-refractivity contribution in [3.8, 4) is 0 Å². The van der Waals surface area contributed by atoms with Gasteiger partial charge in [0.05, 0.1) is 6.54 Å². The van der Waals surface area contributed by atoms with Crippen molar-refractivity contribution in [3.05, 3.63) is 11.7 Å². The summed E-state index contributed by atoms with van der Waals surface area (Å²) in [5.41, 5.74) is 0. The zero-order valence-corrected chi connectivity index (χ0v) is 14.2. The van der Waals surface area contributed by atoms with E-state index >= 15 is 0 Å². The first kappa shape index (κ1) is 16.4. The minimum atomic E-state index is -0.162. The van der Waals surface area contributed by atoms with Crippen LogP contribution >= 0.6 is 0 Å². The Labute approximate surface area is 137 Å². The van der Waals surface area contributed by atoms with Crippen LogP contribution in [-0.4, -0.2) is 58.1 Å². The van der Waals surface area contributed by atoms with Gasteiger partial charge in [0.2, 0.25) is 11.8 Å². The Balaban J connectivity index is 1.60. The normalized spacial score (nSPS) is 23.2. The van der Waals surface area contributed by atoms with Gasteiger partial charge in [0.15, 0.2) is 5.82 Å². The summed E-state index contributed by atoms with van der Waals surface area (Å²) >= 11 is 0. The molecule has 23 heavy (non-hydrogen) atoms. The molecule has 7 heteroatoms. The van der Waals surface area contributed by atoms with Gasteiger partial charge in [0.1, 0.15) is 6.10 Å². The summed E-state index contributed by atoms with van der Waals surface area (Å²) < 4.78 is 10.6. The number of hydrogen-bond donors (Lipinski definition) is 0. The van der Waals surface area contributed by atoms with Crippen LogP contribution in [0.5, 0.6) is 0 Å². The molecule has 2 heterocycles. The van der Waals surface area contributed by atoms with Crippen LogP contribution in [0.2, 0.25) is 0 Å². The molecule has 0 unspecified atom stereocenters. The van der Waals surface area contributed by atoms with Crippen molar-refractivity contribution >= 4 is 5.91 Å². The first-order valence-electron chi connectivity index (χ1n) is 8.45. The smallest absolute Gasteiger partial charge is 0.240 e. The van der Waals surface area contributed by atoms with Crippen LogP contribution < -0.4 is 0 Å². The standard InChI is InChI=1S/C16H26N4O3/c1-11(22-3)16-17-15(23-18-16)10-19-8-4-5-14(19)9-20(12(2)21)13-6-7-13/h11,13-14H,4-10H2,1-3H3/t11-,14-/m1/s1. The number of rotatable bonds is 7. The quantitative estimate of drug-likeness (QED) is 0.761. The number of hydrogen-bond acceptors (Lipinski definition) is 6. The van der Waals surface area contributed by atoms with E-state index in [1.54, 1.807) is 14.0 Å². The molecule has 1 aliphatic heterocycles. The minimum Gasteiger partial charge on any atom is -0.374 e. The molecule has 2 fully saturated rings. The highest BCUT2D eigenvalue weighted by atomic mass is 16.5. The van der Waals surface area contributed by atoms with Crippen LogP contribution in [0.25, 0.3) is 0 Å². The maximum atomic E-state index is 11.8. The van der Waals surface area contributed by atoms with Crippen molar-refractivity contribution in [2.45, 2.75) is 64.3 Å². The molecule has 2 atom stereocenters. The number of carbonyl (C=O) groups is 1. The van der Waals surface area contributed by atoms with Gasteiger partial charge in [0, 0.05) is 32.7 Å². The van der Waals surface area contributed by atoms with Crippen LogP contribution in [0, 0.1) is 0 Å². The summed E-state index contributed by atoms with van der Waals surface area (Å²) in [6.45, 7) is 6.04. The lowest BCUT2D eigenvalue weighted by Crippen LogP contribution is -2.43. The fourth-order valence-corrected chi connectivity index (χ4v) is 3.23. The first-order valence-corrected chi connectivity index (χ1v) is 8.45. The van der Waals surface area contributed by atoms with Gasteiger partial charge in [-0.25, -0.2) is 0 Å². The Kier molecular flexibility index (Phi) is 4.96. The summed E-state index contributed by atoms with van der Waals surface area (Å²) in [5.74, 6) is 1.39. The zero-order valence-electron chi connectivity index (χ0n) is 14.2. The lowest BCUT2D eigenvalue weighted by Gasteiger charge is -2.29. The first-order chi connectivity index (χ1) is 11.1. The predicted molar refractivity (Wildman–Crippen MR) is 83.6 cm³/mol. The van der Waals surface area contributed by atoms with E-state index in [0.29, 0.717) is 30.3 Å². The number of ether oxygens (including phenoxy) is 1. The van der Waals surface area contributed by atoms with Gasteiger partial charge in [0.25, 0.3) is 0 Å². The summed E-state index contributed by atoms with van der Waals surface area (Å²) in [6, 6.07) is 0.849. The SMILES string of the molecule is CO[C@H](C)c1noc(CN2CCC[C@@H]2CN(C(C)=O)C2CC2)n1. The number of nitrogens with zero attached hydrogens (tertiary/aromatic N) is 4. The maximum Gasteiger partial charge on any atom is 0.240 e. The number of methoxy groups -OCH3 is 1. The van der Waals surface area contributed by atoms with E-state index < -0.39 is 0 Å². The van der Waals surface area contributed by atoms with Crippen LogP contribution in [0.15, 0.2) is 4.52 Å². The highest BCUT2D eigenvalue weighted by Crippen LogP contribution is 2.29. The van der Waals surface area contributed by atoms with Gasteiger partial charge in [-0.1, -0.05) is 5.16 Å². The monoisotopic (exact) mass is 322 g/mol. The second-order valence-electron chi connectivity index (χ2n) is 6.59. The molecule has 0 N–H and O–H groups in total. The van der Waals surface area contributed by atoms with Gasteiger partial charge < -0.3 is 14.2 Å². The molecule has 1 aliphatic carbocycles. The molecular weight excluding hydrogens is 296 g/mol. The molecule has 0 radical (unpaired) electrons. The van der Waals surface area contributed by atoms with Crippen molar-refractivity contribution in [2.75, 3.05) is 20.2 Å². The van der Waals surface area contributed by atoms with E-state index in [0.717, 1.165) is 38.8 Å². The number of amides is 1. The fourth-order valence-electron chi connectivity index (χ4n) is 3.23. The molecule has 7 nitrogen and oxygen atoms in total. The molecule has 0 spiro atoms. The number of aromatic nitrogens is 2. The van der Waals surface area contributed by atoms with Crippen molar-refractivity contribution in [2.24, 2.45) is 0 Å². The molecule has 1 amide bonds. The van der Waals surface area contributed by atoms with Gasteiger partial charge in [-0.3, -0.25) is 9.69 Å². The van der Waals surface area contributed by atoms with E-state index in [1.807, 2.05) is 11.8 Å². The fraction of sp³-hybridized carbons (Fsp3) is 0.812. The van der Waals surface area contributed by atoms with Crippen molar-refractivity contribution in [1.29, 1.82) is 0 Å². The van der Waals surface area contributed by atoms with E-state index in [2.05, 4.69) is 15.0 Å². The largest absolute Gasteiger partial charge is 0.374 e. The van der Waals surface area contributed by atoms with Crippen LogP contribution in [0.1, 0.15) is 57.3 Å². The molecule has 0 aromatic carbocycles. The molecule has 1 aromatic heterocycles. The molecule has 0 bridgehead atoms. The summed E-state index contributed by atoms with van der Waals surface area (Å²) in [6.07, 6.45) is 4.40. The van der Waals surface area contributed by atoms with Gasteiger partial charge in [-0.05, 0) is 39.2 Å². The third-order valence-electron chi connectivity index (χ3n) is 4.84. The number of likely N-dealkylation sites (tertiary alicyclic amines) is 1. The summed E-state index contributed by atoms with van der Waals surface area (Å²) in [5, 5.41) is 3.98. The van der Waals surface area contributed by atoms with Crippen LogP contribution in [-0.2, 0) is 16.1 Å². The Hall–Kier alpha value is -1.47. The van der Waals surface area contributed by atoms with E-state index in [1.165, 1.54) is 0 Å². The second kappa shape index (κ2) is 6.97. The Morgan fingerprint density at radius 3 is 2.91 bits per heavy atom. The van der Waals surface area contributed by atoms with E-state index in [-0.39, 0.29) is 12.0 Å². The Morgan fingerprint density at radius 1 is 1.48 bits per heavy atom. The topological polar surface area (TPSA) is 71.7 Å². The zero-order chi connectivity index (χ0) is 16.4. The molecule has 1 aromatic rings. The lowest BCUT2D eigenvalue weighted by atomic mass is 10.2. The molecule has 1 saturated carbocycles. The average molecular weight is 322 g/mol. The Bertz CT molecular complexity index is 543. The summed E-state index contributed by atoms with van der Waals surface area (Å²) in [7, 11) is 1.63. The van der Waals surface area contributed by atoms with Gasteiger partial charge in [-0.2, -0.15) is 4.98 Å². The molecule has 1 saturated heterocycles. The molecule has 128 valence electrons. The van der Waals surface area contributed by atoms with Gasteiger partial charge in [-0.15, -0.1) is 0 Å². The highest BCUT2D eigenvalue weighted by molar-refractivity contribution is 5.74. The minimum absolute atomic E-state index is 0.162. The molecule has 2 aliphatic rings. The number of carbonyl (C=O) groups excluding carboxylic acids is 1. The predicted octanol–water partition coefficient (Wildman–Crippen LogP) is 1.75. The highest BCUT2D eigenvalue weighted by Gasteiger charge is 2.35. The maximum absolute atomic E-state index is 11.8. The molecule has 3 rings (SSSR count). The van der Waals surface area contributed by atoms with E-state index in [4.69, 9.17) is 9.26 Å². The van der Waals surface area contributed by atoms with E-state index in [9.17, 15) is 4.79 Å². The lowest BCUT2D eigenvalue weighted by molar-refractivity contribution is -0.130. The average Bonchev–Trinajstić information content (AvgIpc) is 3.10. The summed E-state index contributed by atoms with van der Waals surface area (Å²) in [4.78, 5) is 20.6. The third kappa shape index (κ3) is 3.90.